The van der Waals surface area contributed by atoms with Crippen molar-refractivity contribution in [3.05, 3.63) is 16.9 Å². The summed E-state index contributed by atoms with van der Waals surface area (Å²) in [6.07, 6.45) is 5.58. The Kier molecular flexibility index (Phi) is 3.23. The van der Waals surface area contributed by atoms with Crippen LogP contribution in [0, 0.1) is 0 Å². The maximum absolute atomic E-state index is 6.02. The van der Waals surface area contributed by atoms with Gasteiger partial charge in [0.2, 0.25) is 5.95 Å². The van der Waals surface area contributed by atoms with Crippen LogP contribution in [0.3, 0.4) is 0 Å². The molecule has 0 unspecified atom stereocenters. The molecular formula is C9H11BrClN3. The Labute approximate surface area is 96.6 Å². The lowest BCUT2D eigenvalue weighted by Crippen LogP contribution is -2.35. The summed E-state index contributed by atoms with van der Waals surface area (Å²) in [4.78, 5) is 10.7. The molecule has 0 atom stereocenters. The maximum atomic E-state index is 6.02. The summed E-state index contributed by atoms with van der Waals surface area (Å²) >= 11 is 9.33. The first-order valence-corrected chi connectivity index (χ1v) is 5.85. The van der Waals surface area contributed by atoms with Crippen LogP contribution in [0.1, 0.15) is 12.8 Å². The molecule has 1 saturated heterocycles. The van der Waals surface area contributed by atoms with Crippen LogP contribution in [0.25, 0.3) is 0 Å². The van der Waals surface area contributed by atoms with Crippen LogP contribution in [0.2, 0.25) is 0 Å². The van der Waals surface area contributed by atoms with Crippen molar-refractivity contribution < 1.29 is 0 Å². The van der Waals surface area contributed by atoms with Crippen LogP contribution < -0.4 is 4.90 Å². The summed E-state index contributed by atoms with van der Waals surface area (Å²) in [7, 11) is 0. The molecule has 0 N–H and O–H groups in total. The quantitative estimate of drug-likeness (QED) is 0.738. The van der Waals surface area contributed by atoms with E-state index >= 15 is 0 Å². The number of hydrogen-bond donors (Lipinski definition) is 0. The number of alkyl halides is 1. The molecule has 3 nitrogen and oxygen atoms in total. The van der Waals surface area contributed by atoms with E-state index in [1.54, 1.807) is 12.4 Å². The summed E-state index contributed by atoms with van der Waals surface area (Å²) in [5.74, 6) is 0.803. The van der Waals surface area contributed by atoms with Gasteiger partial charge in [-0.3, -0.25) is 0 Å². The zero-order chi connectivity index (χ0) is 9.97. The normalized spacial score (nSPS) is 18.6. The predicted octanol–water partition coefficient (Wildman–Crippen LogP) is 2.45. The van der Waals surface area contributed by atoms with Crippen molar-refractivity contribution in [2.45, 2.75) is 18.2 Å². The molecular weight excluding hydrogens is 265 g/mol. The maximum Gasteiger partial charge on any atom is 0.225 e. The summed E-state index contributed by atoms with van der Waals surface area (Å²) < 4.78 is 0.911. The Morgan fingerprint density at radius 1 is 1.29 bits per heavy atom. The monoisotopic (exact) mass is 275 g/mol. The minimum absolute atomic E-state index is 0.321. The molecule has 14 heavy (non-hydrogen) atoms. The zero-order valence-electron chi connectivity index (χ0n) is 7.66. The summed E-state index contributed by atoms with van der Waals surface area (Å²) in [5, 5.41) is 0.321. The molecule has 0 saturated carbocycles. The number of halogens is 2. The van der Waals surface area contributed by atoms with E-state index in [-0.39, 0.29) is 0 Å². The van der Waals surface area contributed by atoms with E-state index in [4.69, 9.17) is 11.6 Å². The first-order valence-electron chi connectivity index (χ1n) is 4.62. The molecule has 1 aliphatic heterocycles. The zero-order valence-corrected chi connectivity index (χ0v) is 10.00. The molecule has 0 radical (unpaired) electrons. The van der Waals surface area contributed by atoms with Gasteiger partial charge in [-0.15, -0.1) is 11.6 Å². The molecule has 0 aliphatic carbocycles. The Balaban J connectivity index is 2.05. The fourth-order valence-corrected chi connectivity index (χ4v) is 1.92. The van der Waals surface area contributed by atoms with E-state index in [2.05, 4.69) is 30.8 Å². The highest BCUT2D eigenvalue weighted by molar-refractivity contribution is 9.10. The van der Waals surface area contributed by atoms with Crippen molar-refractivity contribution in [1.29, 1.82) is 0 Å². The third-order valence-corrected chi connectivity index (χ3v) is 3.16. The van der Waals surface area contributed by atoms with E-state index in [1.807, 2.05) is 0 Å². The summed E-state index contributed by atoms with van der Waals surface area (Å²) in [6.45, 7) is 1.91. The van der Waals surface area contributed by atoms with Crippen molar-refractivity contribution >= 4 is 33.5 Å². The molecule has 0 spiro atoms. The van der Waals surface area contributed by atoms with E-state index < -0.39 is 0 Å². The number of hydrogen-bond acceptors (Lipinski definition) is 3. The number of piperidine rings is 1. The second-order valence-corrected chi connectivity index (χ2v) is 4.90. The van der Waals surface area contributed by atoms with Crippen LogP contribution in [0.4, 0.5) is 5.95 Å². The number of aromatic nitrogens is 2. The highest BCUT2D eigenvalue weighted by Crippen LogP contribution is 2.19. The largest absolute Gasteiger partial charge is 0.341 e. The highest BCUT2D eigenvalue weighted by Gasteiger charge is 2.18. The van der Waals surface area contributed by atoms with Gasteiger partial charge in [-0.2, -0.15) is 0 Å². The molecule has 1 aliphatic rings. The van der Waals surface area contributed by atoms with Crippen molar-refractivity contribution in [3.63, 3.8) is 0 Å². The lowest BCUT2D eigenvalue weighted by atomic mass is 10.1. The Morgan fingerprint density at radius 2 is 1.86 bits per heavy atom. The van der Waals surface area contributed by atoms with E-state index in [0.717, 1.165) is 36.4 Å². The van der Waals surface area contributed by atoms with Gasteiger partial charge in [-0.05, 0) is 28.8 Å². The molecule has 0 aromatic carbocycles. The Morgan fingerprint density at radius 3 is 2.43 bits per heavy atom. The van der Waals surface area contributed by atoms with Gasteiger partial charge in [-0.25, -0.2) is 9.97 Å². The van der Waals surface area contributed by atoms with Gasteiger partial charge >= 0.3 is 0 Å². The van der Waals surface area contributed by atoms with Crippen molar-refractivity contribution in [2.75, 3.05) is 18.0 Å². The average Bonchev–Trinajstić information content (AvgIpc) is 2.21. The third kappa shape index (κ3) is 2.36. The smallest absolute Gasteiger partial charge is 0.225 e. The highest BCUT2D eigenvalue weighted by atomic mass is 79.9. The number of nitrogens with zero attached hydrogens (tertiary/aromatic N) is 3. The third-order valence-electron chi connectivity index (χ3n) is 2.31. The van der Waals surface area contributed by atoms with Gasteiger partial charge in [-0.1, -0.05) is 0 Å². The fourth-order valence-electron chi connectivity index (χ4n) is 1.52. The lowest BCUT2D eigenvalue weighted by Gasteiger charge is -2.29. The summed E-state index contributed by atoms with van der Waals surface area (Å²) in [6, 6.07) is 0. The van der Waals surface area contributed by atoms with Crippen LogP contribution in [-0.4, -0.2) is 28.4 Å². The van der Waals surface area contributed by atoms with Gasteiger partial charge in [0.05, 0.1) is 4.47 Å². The fraction of sp³-hybridized carbons (Fsp3) is 0.556. The second-order valence-electron chi connectivity index (χ2n) is 3.36. The molecule has 0 bridgehead atoms. The van der Waals surface area contributed by atoms with Crippen molar-refractivity contribution in [1.82, 2.24) is 9.97 Å². The molecule has 5 heteroatoms. The van der Waals surface area contributed by atoms with Gasteiger partial charge in [0, 0.05) is 30.9 Å². The minimum atomic E-state index is 0.321. The summed E-state index contributed by atoms with van der Waals surface area (Å²) in [5.41, 5.74) is 0. The molecule has 2 heterocycles. The van der Waals surface area contributed by atoms with Gasteiger partial charge in [0.25, 0.3) is 0 Å². The number of anilines is 1. The van der Waals surface area contributed by atoms with Crippen LogP contribution in [0.15, 0.2) is 16.9 Å². The SMILES string of the molecule is ClC1CCN(c2ncc(Br)cn2)CC1. The topological polar surface area (TPSA) is 29.0 Å². The van der Waals surface area contributed by atoms with Gasteiger partial charge in [0.15, 0.2) is 0 Å². The number of rotatable bonds is 1. The molecule has 1 fully saturated rings. The predicted molar refractivity (Wildman–Crippen MR) is 60.8 cm³/mol. The van der Waals surface area contributed by atoms with Crippen molar-refractivity contribution in [2.24, 2.45) is 0 Å². The molecule has 1 aromatic rings. The minimum Gasteiger partial charge on any atom is -0.341 e. The Bertz CT molecular complexity index is 295. The van der Waals surface area contributed by atoms with Crippen molar-refractivity contribution in [3.8, 4) is 0 Å². The van der Waals surface area contributed by atoms with E-state index in [1.165, 1.54) is 0 Å². The average molecular weight is 277 g/mol. The second kappa shape index (κ2) is 4.45. The first-order chi connectivity index (χ1) is 6.75. The van der Waals surface area contributed by atoms with Gasteiger partial charge in [0.1, 0.15) is 0 Å². The molecule has 0 amide bonds. The first kappa shape index (κ1) is 10.2. The van der Waals surface area contributed by atoms with E-state index in [9.17, 15) is 0 Å². The standard InChI is InChI=1S/C9H11BrClN3/c10-7-5-12-9(13-6-7)14-3-1-8(11)2-4-14/h5-6,8H,1-4H2. The van der Waals surface area contributed by atoms with E-state index in [0.29, 0.717) is 5.38 Å². The van der Waals surface area contributed by atoms with Crippen LogP contribution in [0.5, 0.6) is 0 Å². The molecule has 2 rings (SSSR count). The molecule has 76 valence electrons. The van der Waals surface area contributed by atoms with Crippen LogP contribution in [-0.2, 0) is 0 Å². The Hall–Kier alpha value is -0.350. The van der Waals surface area contributed by atoms with Crippen LogP contribution >= 0.6 is 27.5 Å². The lowest BCUT2D eigenvalue weighted by molar-refractivity contribution is 0.575. The molecule has 1 aromatic heterocycles. The van der Waals surface area contributed by atoms with Gasteiger partial charge < -0.3 is 4.90 Å².